The van der Waals surface area contributed by atoms with Gasteiger partial charge in [0.15, 0.2) is 0 Å². The smallest absolute Gasteiger partial charge is 0.117 e. The first kappa shape index (κ1) is 9.38. The third-order valence-electron chi connectivity index (χ3n) is 2.92. The number of nitrogens with one attached hydrogen (secondary N) is 1. The molecule has 14 heavy (non-hydrogen) atoms. The Labute approximate surface area is 85.0 Å². The molecule has 1 aromatic rings. The van der Waals surface area contributed by atoms with Crippen LogP contribution in [0.4, 0.5) is 5.69 Å². The molecule has 2 rings (SSSR count). The van der Waals surface area contributed by atoms with E-state index < -0.39 is 0 Å². The molecule has 0 radical (unpaired) electrons. The fourth-order valence-electron chi connectivity index (χ4n) is 2.24. The van der Waals surface area contributed by atoms with Gasteiger partial charge in [-0.3, -0.25) is 0 Å². The lowest BCUT2D eigenvalue weighted by Gasteiger charge is -2.26. The van der Waals surface area contributed by atoms with E-state index in [1.807, 2.05) is 6.07 Å². The number of hydrogen-bond donors (Lipinski definition) is 2. The highest BCUT2D eigenvalue weighted by molar-refractivity contribution is 5.57. The summed E-state index contributed by atoms with van der Waals surface area (Å²) in [6.45, 7) is 3.25. The molecule has 0 saturated heterocycles. The quantitative estimate of drug-likeness (QED) is 0.753. The molecule has 0 amide bonds. The maximum absolute atomic E-state index is 9.36. The van der Waals surface area contributed by atoms with E-state index in [0.29, 0.717) is 11.7 Å². The van der Waals surface area contributed by atoms with Gasteiger partial charge in [0.2, 0.25) is 0 Å². The van der Waals surface area contributed by atoms with Crippen molar-refractivity contribution >= 4 is 5.69 Å². The summed E-state index contributed by atoms with van der Waals surface area (Å²) in [4.78, 5) is 0. The molecule has 1 atom stereocenters. The Morgan fingerprint density at radius 1 is 1.50 bits per heavy atom. The zero-order chi connectivity index (χ0) is 9.97. The number of aromatic hydroxyl groups is 1. The molecule has 2 heteroatoms. The summed E-state index contributed by atoms with van der Waals surface area (Å²) in [6.07, 6.45) is 3.69. The Hall–Kier alpha value is -1.18. The van der Waals surface area contributed by atoms with Gasteiger partial charge in [-0.05, 0) is 30.4 Å². The van der Waals surface area contributed by atoms with Crippen molar-refractivity contribution in [3.8, 4) is 5.75 Å². The Balaban J connectivity index is 2.30. The van der Waals surface area contributed by atoms with Gasteiger partial charge >= 0.3 is 0 Å². The molecule has 1 aliphatic heterocycles. The molecule has 0 fully saturated rings. The van der Waals surface area contributed by atoms with Crippen LogP contribution < -0.4 is 5.32 Å². The second-order valence-electron chi connectivity index (χ2n) is 3.97. The Kier molecular flexibility index (Phi) is 2.62. The average Bonchev–Trinajstić information content (AvgIpc) is 2.18. The lowest BCUT2D eigenvalue weighted by Crippen LogP contribution is -2.16. The number of phenols is 1. The number of benzene rings is 1. The molecule has 0 aromatic heterocycles. The van der Waals surface area contributed by atoms with Gasteiger partial charge in [-0.2, -0.15) is 0 Å². The predicted octanol–water partition coefficient (Wildman–Crippen LogP) is 3.09. The van der Waals surface area contributed by atoms with Crippen LogP contribution in [0.3, 0.4) is 0 Å². The first-order valence-corrected chi connectivity index (χ1v) is 5.38. The van der Waals surface area contributed by atoms with Crippen LogP contribution in [-0.2, 0) is 0 Å². The zero-order valence-corrected chi connectivity index (χ0v) is 8.59. The van der Waals surface area contributed by atoms with Crippen LogP contribution in [0.15, 0.2) is 18.2 Å². The molecule has 76 valence electrons. The van der Waals surface area contributed by atoms with Gasteiger partial charge in [0.25, 0.3) is 0 Å². The van der Waals surface area contributed by atoms with Crippen molar-refractivity contribution in [3.05, 3.63) is 23.8 Å². The minimum atomic E-state index is 0.355. The van der Waals surface area contributed by atoms with E-state index in [9.17, 15) is 5.11 Å². The summed E-state index contributed by atoms with van der Waals surface area (Å²) < 4.78 is 0. The monoisotopic (exact) mass is 191 g/mol. The third-order valence-corrected chi connectivity index (χ3v) is 2.92. The maximum Gasteiger partial charge on any atom is 0.117 e. The van der Waals surface area contributed by atoms with Crippen molar-refractivity contribution in [2.75, 3.05) is 11.9 Å². The number of anilines is 1. The van der Waals surface area contributed by atoms with E-state index in [1.54, 1.807) is 6.07 Å². The molecule has 0 spiro atoms. The molecule has 0 saturated carbocycles. The Morgan fingerprint density at radius 2 is 2.36 bits per heavy atom. The molecule has 2 N–H and O–H groups in total. The van der Waals surface area contributed by atoms with Crippen molar-refractivity contribution in [3.63, 3.8) is 0 Å². The minimum absolute atomic E-state index is 0.355. The van der Waals surface area contributed by atoms with Crippen LogP contribution in [0.25, 0.3) is 0 Å². The summed E-state index contributed by atoms with van der Waals surface area (Å²) >= 11 is 0. The van der Waals surface area contributed by atoms with Crippen LogP contribution in [0, 0.1) is 0 Å². The van der Waals surface area contributed by atoms with Crippen LogP contribution in [0.1, 0.15) is 37.7 Å². The fraction of sp³-hybridized carbons (Fsp3) is 0.500. The summed E-state index contributed by atoms with van der Waals surface area (Å²) in [6, 6.07) is 5.67. The maximum atomic E-state index is 9.36. The number of rotatable bonds is 2. The van der Waals surface area contributed by atoms with Gasteiger partial charge < -0.3 is 10.4 Å². The number of phenolic OH excluding ortho intramolecular Hbond substituents is 1. The highest BCUT2D eigenvalue weighted by Gasteiger charge is 2.18. The third kappa shape index (κ3) is 1.69. The van der Waals surface area contributed by atoms with Gasteiger partial charge in [0, 0.05) is 18.3 Å². The number of fused-ring (bicyclic) bond motifs is 1. The summed E-state index contributed by atoms with van der Waals surface area (Å²) in [5.41, 5.74) is 2.49. The van der Waals surface area contributed by atoms with Gasteiger partial charge in [0.1, 0.15) is 5.75 Å². The van der Waals surface area contributed by atoms with Gasteiger partial charge in [-0.25, -0.2) is 0 Å². The Bertz CT molecular complexity index is 322. The van der Waals surface area contributed by atoms with Gasteiger partial charge in [-0.1, -0.05) is 19.4 Å². The zero-order valence-electron chi connectivity index (χ0n) is 8.59. The van der Waals surface area contributed by atoms with Crippen LogP contribution in [-0.4, -0.2) is 11.7 Å². The molecule has 1 aliphatic rings. The SMILES string of the molecule is CCCC1CCNc2cc(O)ccc21. The molecular weight excluding hydrogens is 174 g/mol. The van der Waals surface area contributed by atoms with Gasteiger partial charge in [-0.15, -0.1) is 0 Å². The summed E-state index contributed by atoms with van der Waals surface area (Å²) in [5.74, 6) is 1.03. The average molecular weight is 191 g/mol. The minimum Gasteiger partial charge on any atom is -0.508 e. The predicted molar refractivity (Wildman–Crippen MR) is 58.9 cm³/mol. The second-order valence-corrected chi connectivity index (χ2v) is 3.97. The van der Waals surface area contributed by atoms with Gasteiger partial charge in [0.05, 0.1) is 0 Å². The van der Waals surface area contributed by atoms with E-state index in [-0.39, 0.29) is 0 Å². The normalized spacial score (nSPS) is 19.9. The van der Waals surface area contributed by atoms with Crippen LogP contribution in [0.5, 0.6) is 5.75 Å². The molecule has 0 bridgehead atoms. The molecule has 2 nitrogen and oxygen atoms in total. The van der Waals surface area contributed by atoms with Crippen molar-refractivity contribution in [1.82, 2.24) is 0 Å². The standard InChI is InChI=1S/C12H17NO/c1-2-3-9-6-7-13-12-8-10(14)4-5-11(9)12/h4-5,8-9,13-14H,2-3,6-7H2,1H3. The van der Waals surface area contributed by atoms with E-state index in [1.165, 1.54) is 24.8 Å². The summed E-state index contributed by atoms with van der Waals surface area (Å²) in [5, 5.41) is 12.7. The molecule has 0 aliphatic carbocycles. The molecule has 1 unspecified atom stereocenters. The largest absolute Gasteiger partial charge is 0.508 e. The van der Waals surface area contributed by atoms with Crippen molar-refractivity contribution in [2.45, 2.75) is 32.1 Å². The molecular formula is C12H17NO. The van der Waals surface area contributed by atoms with E-state index in [4.69, 9.17) is 0 Å². The molecule has 1 heterocycles. The van der Waals surface area contributed by atoms with Crippen molar-refractivity contribution < 1.29 is 5.11 Å². The van der Waals surface area contributed by atoms with Crippen molar-refractivity contribution in [1.29, 1.82) is 0 Å². The van der Waals surface area contributed by atoms with E-state index >= 15 is 0 Å². The second kappa shape index (κ2) is 3.91. The first-order valence-electron chi connectivity index (χ1n) is 5.38. The fourth-order valence-corrected chi connectivity index (χ4v) is 2.24. The van der Waals surface area contributed by atoms with Crippen LogP contribution in [0.2, 0.25) is 0 Å². The van der Waals surface area contributed by atoms with E-state index in [0.717, 1.165) is 12.2 Å². The lowest BCUT2D eigenvalue weighted by molar-refractivity contribution is 0.474. The highest BCUT2D eigenvalue weighted by Crippen LogP contribution is 2.36. The Morgan fingerprint density at radius 3 is 3.14 bits per heavy atom. The van der Waals surface area contributed by atoms with Crippen molar-refractivity contribution in [2.24, 2.45) is 0 Å². The topological polar surface area (TPSA) is 32.3 Å². The highest BCUT2D eigenvalue weighted by atomic mass is 16.3. The number of hydrogen-bond acceptors (Lipinski definition) is 2. The van der Waals surface area contributed by atoms with E-state index in [2.05, 4.69) is 18.3 Å². The van der Waals surface area contributed by atoms with Crippen LogP contribution >= 0.6 is 0 Å². The summed E-state index contributed by atoms with van der Waals surface area (Å²) in [7, 11) is 0. The molecule has 1 aromatic carbocycles. The lowest BCUT2D eigenvalue weighted by atomic mass is 9.87. The first-order chi connectivity index (χ1) is 6.81.